The van der Waals surface area contributed by atoms with Crippen LogP contribution in [0.15, 0.2) is 24.3 Å². The van der Waals surface area contributed by atoms with Crippen molar-refractivity contribution < 1.29 is 9.47 Å². The van der Waals surface area contributed by atoms with E-state index < -0.39 is 0 Å². The Morgan fingerprint density at radius 2 is 1.82 bits per heavy atom. The largest absolute Gasteiger partial charge is 0.497 e. The molecule has 1 rings (SSSR count). The SMILES string of the molecule is CCNC(c1ccc(OC)cc1)C(C)OCC. The molecule has 17 heavy (non-hydrogen) atoms. The summed E-state index contributed by atoms with van der Waals surface area (Å²) >= 11 is 0. The van der Waals surface area contributed by atoms with Crippen LogP contribution < -0.4 is 10.1 Å². The normalized spacial score (nSPS) is 14.4. The lowest BCUT2D eigenvalue weighted by atomic mass is 10.0. The number of likely N-dealkylation sites (N-methyl/N-ethyl adjacent to an activating group) is 1. The summed E-state index contributed by atoms with van der Waals surface area (Å²) in [7, 11) is 1.68. The van der Waals surface area contributed by atoms with Gasteiger partial charge in [-0.25, -0.2) is 0 Å². The van der Waals surface area contributed by atoms with Crippen LogP contribution in [0.5, 0.6) is 5.75 Å². The van der Waals surface area contributed by atoms with Crippen LogP contribution in [0, 0.1) is 0 Å². The molecular formula is C14H23NO2. The molecule has 3 nitrogen and oxygen atoms in total. The summed E-state index contributed by atoms with van der Waals surface area (Å²) in [6.45, 7) is 7.89. The summed E-state index contributed by atoms with van der Waals surface area (Å²) in [6.07, 6.45) is 0.161. The maximum absolute atomic E-state index is 5.67. The van der Waals surface area contributed by atoms with Crippen molar-refractivity contribution in [3.05, 3.63) is 29.8 Å². The third kappa shape index (κ3) is 4.02. The van der Waals surface area contributed by atoms with Crippen molar-refractivity contribution in [3.8, 4) is 5.75 Å². The number of ether oxygens (including phenoxy) is 2. The first-order valence-electron chi connectivity index (χ1n) is 6.21. The van der Waals surface area contributed by atoms with E-state index in [0.717, 1.165) is 18.9 Å². The minimum absolute atomic E-state index is 0.161. The summed E-state index contributed by atoms with van der Waals surface area (Å²) in [6, 6.07) is 8.37. The summed E-state index contributed by atoms with van der Waals surface area (Å²) in [5, 5.41) is 3.46. The van der Waals surface area contributed by atoms with Crippen molar-refractivity contribution in [1.29, 1.82) is 0 Å². The van der Waals surface area contributed by atoms with E-state index in [1.54, 1.807) is 7.11 Å². The van der Waals surface area contributed by atoms with Gasteiger partial charge in [-0.1, -0.05) is 19.1 Å². The molecular weight excluding hydrogens is 214 g/mol. The first kappa shape index (κ1) is 14.0. The fraction of sp³-hybridized carbons (Fsp3) is 0.571. The van der Waals surface area contributed by atoms with Gasteiger partial charge in [-0.05, 0) is 38.1 Å². The van der Waals surface area contributed by atoms with Crippen LogP contribution in [0.1, 0.15) is 32.4 Å². The molecule has 0 aliphatic rings. The van der Waals surface area contributed by atoms with Gasteiger partial charge in [0, 0.05) is 6.61 Å². The molecule has 0 fully saturated rings. The van der Waals surface area contributed by atoms with Crippen molar-refractivity contribution in [2.75, 3.05) is 20.3 Å². The van der Waals surface area contributed by atoms with Crippen LogP contribution in [0.25, 0.3) is 0 Å². The Hall–Kier alpha value is -1.06. The highest BCUT2D eigenvalue weighted by molar-refractivity contribution is 5.29. The molecule has 0 heterocycles. The van der Waals surface area contributed by atoms with Crippen LogP contribution in [0.3, 0.4) is 0 Å². The van der Waals surface area contributed by atoms with Crippen molar-refractivity contribution in [1.82, 2.24) is 5.32 Å². The average molecular weight is 237 g/mol. The van der Waals surface area contributed by atoms with Gasteiger partial charge >= 0.3 is 0 Å². The van der Waals surface area contributed by atoms with E-state index in [2.05, 4.69) is 31.3 Å². The molecule has 0 saturated heterocycles. The van der Waals surface area contributed by atoms with Crippen LogP contribution in [-0.2, 0) is 4.74 Å². The van der Waals surface area contributed by atoms with Crippen molar-refractivity contribution >= 4 is 0 Å². The Labute approximate surface area is 104 Å². The van der Waals surface area contributed by atoms with E-state index in [-0.39, 0.29) is 12.1 Å². The van der Waals surface area contributed by atoms with Gasteiger partial charge in [0.1, 0.15) is 5.75 Å². The summed E-state index contributed by atoms with van der Waals surface area (Å²) in [5.74, 6) is 0.882. The fourth-order valence-corrected chi connectivity index (χ4v) is 1.95. The van der Waals surface area contributed by atoms with Crippen molar-refractivity contribution in [2.24, 2.45) is 0 Å². The smallest absolute Gasteiger partial charge is 0.118 e. The van der Waals surface area contributed by atoms with Gasteiger partial charge in [0.05, 0.1) is 19.3 Å². The van der Waals surface area contributed by atoms with Gasteiger partial charge in [-0.15, -0.1) is 0 Å². The average Bonchev–Trinajstić information content (AvgIpc) is 2.36. The highest BCUT2D eigenvalue weighted by Crippen LogP contribution is 2.21. The second kappa shape index (κ2) is 7.30. The molecule has 0 radical (unpaired) electrons. The second-order valence-electron chi connectivity index (χ2n) is 3.97. The molecule has 0 aliphatic heterocycles. The Morgan fingerprint density at radius 1 is 1.18 bits per heavy atom. The van der Waals surface area contributed by atoms with Crippen LogP contribution in [-0.4, -0.2) is 26.4 Å². The lowest BCUT2D eigenvalue weighted by Gasteiger charge is -2.25. The Kier molecular flexibility index (Phi) is 6.01. The number of hydrogen-bond donors (Lipinski definition) is 1. The zero-order chi connectivity index (χ0) is 12.7. The van der Waals surface area contributed by atoms with E-state index in [1.165, 1.54) is 5.56 Å². The fourth-order valence-electron chi connectivity index (χ4n) is 1.95. The third-order valence-electron chi connectivity index (χ3n) is 2.80. The van der Waals surface area contributed by atoms with Gasteiger partial charge in [0.25, 0.3) is 0 Å². The van der Waals surface area contributed by atoms with Gasteiger partial charge in [0.2, 0.25) is 0 Å². The second-order valence-corrected chi connectivity index (χ2v) is 3.97. The number of benzene rings is 1. The summed E-state index contributed by atoms with van der Waals surface area (Å²) in [5.41, 5.74) is 1.23. The van der Waals surface area contributed by atoms with E-state index in [1.807, 2.05) is 19.1 Å². The van der Waals surface area contributed by atoms with Gasteiger partial charge in [0.15, 0.2) is 0 Å². The monoisotopic (exact) mass is 237 g/mol. The zero-order valence-electron chi connectivity index (χ0n) is 11.2. The number of nitrogens with one attached hydrogen (secondary N) is 1. The molecule has 0 aromatic heterocycles. The third-order valence-corrected chi connectivity index (χ3v) is 2.80. The highest BCUT2D eigenvalue weighted by atomic mass is 16.5. The van der Waals surface area contributed by atoms with E-state index >= 15 is 0 Å². The van der Waals surface area contributed by atoms with E-state index in [0.29, 0.717) is 0 Å². The summed E-state index contributed by atoms with van der Waals surface area (Å²) < 4.78 is 10.8. The minimum atomic E-state index is 0.161. The van der Waals surface area contributed by atoms with Gasteiger partial charge in [-0.3, -0.25) is 0 Å². The molecule has 1 N–H and O–H groups in total. The predicted octanol–water partition coefficient (Wildman–Crippen LogP) is 2.77. The van der Waals surface area contributed by atoms with Crippen LogP contribution in [0.4, 0.5) is 0 Å². The van der Waals surface area contributed by atoms with Gasteiger partial charge < -0.3 is 14.8 Å². The first-order valence-corrected chi connectivity index (χ1v) is 6.21. The van der Waals surface area contributed by atoms with Crippen molar-refractivity contribution in [2.45, 2.75) is 32.9 Å². The number of methoxy groups -OCH3 is 1. The molecule has 1 aromatic rings. The Bertz CT molecular complexity index is 311. The molecule has 1 aromatic carbocycles. The molecule has 0 aliphatic carbocycles. The van der Waals surface area contributed by atoms with E-state index in [9.17, 15) is 0 Å². The quantitative estimate of drug-likeness (QED) is 0.791. The predicted molar refractivity (Wildman–Crippen MR) is 70.5 cm³/mol. The van der Waals surface area contributed by atoms with Crippen LogP contribution in [0.2, 0.25) is 0 Å². The lowest BCUT2D eigenvalue weighted by Crippen LogP contribution is -2.32. The van der Waals surface area contributed by atoms with Crippen molar-refractivity contribution in [3.63, 3.8) is 0 Å². The topological polar surface area (TPSA) is 30.5 Å². The molecule has 96 valence electrons. The highest BCUT2D eigenvalue weighted by Gasteiger charge is 2.18. The molecule has 0 saturated carbocycles. The molecule has 0 amide bonds. The molecule has 2 unspecified atom stereocenters. The number of rotatable bonds is 7. The first-order chi connectivity index (χ1) is 8.22. The Balaban J connectivity index is 2.80. The van der Waals surface area contributed by atoms with E-state index in [4.69, 9.17) is 9.47 Å². The Morgan fingerprint density at radius 3 is 2.29 bits per heavy atom. The molecule has 0 spiro atoms. The maximum atomic E-state index is 5.67. The minimum Gasteiger partial charge on any atom is -0.497 e. The van der Waals surface area contributed by atoms with Crippen LogP contribution >= 0.6 is 0 Å². The van der Waals surface area contributed by atoms with Gasteiger partial charge in [-0.2, -0.15) is 0 Å². The molecule has 0 bridgehead atoms. The molecule has 2 atom stereocenters. The zero-order valence-corrected chi connectivity index (χ0v) is 11.2. The maximum Gasteiger partial charge on any atom is 0.118 e. The number of hydrogen-bond acceptors (Lipinski definition) is 3. The molecule has 3 heteroatoms. The summed E-state index contributed by atoms with van der Waals surface area (Å²) in [4.78, 5) is 0. The lowest BCUT2D eigenvalue weighted by molar-refractivity contribution is 0.0476. The standard InChI is InChI=1S/C14H23NO2/c1-5-15-14(11(3)17-6-2)12-7-9-13(16-4)10-8-12/h7-11,14-15H,5-6H2,1-4H3.